The molecule has 8 aromatic rings. The van der Waals surface area contributed by atoms with Crippen LogP contribution in [0.3, 0.4) is 0 Å². The molecule has 0 heterocycles. The first kappa shape index (κ1) is 33.6. The smallest absolute Gasteiger partial charge is 0.130 e. The number of hydrogen-bond donors (Lipinski definition) is 0. The van der Waals surface area contributed by atoms with Crippen LogP contribution in [0.1, 0.15) is 0 Å². The fraction of sp³-hybridized carbons (Fsp3) is 0. The third-order valence-corrected chi connectivity index (χ3v) is 9.30. The summed E-state index contributed by atoms with van der Waals surface area (Å²) in [7, 11) is 0. The molecule has 256 valence electrons. The molecular formula is C48H36BrN3O. The van der Waals surface area contributed by atoms with Crippen molar-refractivity contribution in [2.75, 3.05) is 14.7 Å². The molecule has 0 saturated heterocycles. The van der Waals surface area contributed by atoms with Crippen molar-refractivity contribution in [1.29, 1.82) is 0 Å². The Morgan fingerprint density at radius 3 is 1.02 bits per heavy atom. The van der Waals surface area contributed by atoms with Crippen molar-refractivity contribution >= 4 is 67.1 Å². The number of hydrogen-bond acceptors (Lipinski definition) is 4. The van der Waals surface area contributed by atoms with Gasteiger partial charge in [0.25, 0.3) is 0 Å². The Balaban J connectivity index is 1.17. The number of nitrogens with zero attached hydrogens (tertiary/aromatic N) is 3. The average molecular weight is 751 g/mol. The van der Waals surface area contributed by atoms with Gasteiger partial charge in [0.15, 0.2) is 0 Å². The van der Waals surface area contributed by atoms with E-state index >= 15 is 0 Å². The SMILES string of the molecule is Brc1cc(Oc2cccc(N(c3ccccc3)c3cccc(N(c4ccccc4)c4ccccc4)c3)c2)cc(N(c2ccccc2)c2ccccc2)c1. The lowest BCUT2D eigenvalue weighted by atomic mass is 10.1. The van der Waals surface area contributed by atoms with Crippen LogP contribution in [-0.2, 0) is 0 Å². The van der Waals surface area contributed by atoms with E-state index in [0.29, 0.717) is 0 Å². The zero-order chi connectivity index (χ0) is 35.8. The van der Waals surface area contributed by atoms with E-state index in [9.17, 15) is 0 Å². The van der Waals surface area contributed by atoms with E-state index in [0.717, 1.165) is 67.2 Å². The molecule has 0 N–H and O–H groups in total. The van der Waals surface area contributed by atoms with Gasteiger partial charge in [-0.05, 0) is 103 Å². The molecule has 0 fully saturated rings. The van der Waals surface area contributed by atoms with Crippen molar-refractivity contribution in [3.63, 3.8) is 0 Å². The van der Waals surface area contributed by atoms with Crippen LogP contribution >= 0.6 is 15.9 Å². The summed E-state index contributed by atoms with van der Waals surface area (Å²) in [5.41, 5.74) is 9.36. The van der Waals surface area contributed by atoms with E-state index in [1.54, 1.807) is 0 Å². The normalized spacial score (nSPS) is 10.7. The second-order valence-corrected chi connectivity index (χ2v) is 13.4. The van der Waals surface area contributed by atoms with Gasteiger partial charge in [0.05, 0.1) is 5.69 Å². The van der Waals surface area contributed by atoms with E-state index in [1.165, 1.54) is 0 Å². The first-order valence-electron chi connectivity index (χ1n) is 17.5. The minimum Gasteiger partial charge on any atom is -0.457 e. The molecule has 53 heavy (non-hydrogen) atoms. The maximum atomic E-state index is 6.67. The monoisotopic (exact) mass is 749 g/mol. The highest BCUT2D eigenvalue weighted by atomic mass is 79.9. The van der Waals surface area contributed by atoms with E-state index in [1.807, 2.05) is 48.5 Å². The lowest BCUT2D eigenvalue weighted by molar-refractivity contribution is 0.482. The predicted octanol–water partition coefficient (Wildman–Crippen LogP) is 14.7. The molecule has 0 aromatic heterocycles. The Kier molecular flexibility index (Phi) is 9.99. The zero-order valence-electron chi connectivity index (χ0n) is 28.9. The van der Waals surface area contributed by atoms with E-state index in [4.69, 9.17) is 4.74 Å². The molecule has 0 unspecified atom stereocenters. The minimum absolute atomic E-state index is 0.720. The standard InChI is InChI=1S/C48H36BrN3O/c49-37-32-46(51(40-22-10-3-11-23-40)41-24-12-4-13-25-41)36-48(33-37)53-47-31-17-30-45(35-47)52(42-26-14-5-15-27-42)44-29-16-28-43(34-44)50(38-18-6-1-7-19-38)39-20-8-2-9-21-39/h1-36H. The summed E-state index contributed by atoms with van der Waals surface area (Å²) >= 11 is 3.77. The molecule has 0 bridgehead atoms. The third kappa shape index (κ3) is 7.71. The summed E-state index contributed by atoms with van der Waals surface area (Å²) in [5.74, 6) is 1.45. The number of rotatable bonds is 11. The molecule has 0 saturated carbocycles. The molecular weight excluding hydrogens is 714 g/mol. The van der Waals surface area contributed by atoms with Gasteiger partial charge < -0.3 is 19.4 Å². The van der Waals surface area contributed by atoms with Crippen molar-refractivity contribution in [2.45, 2.75) is 0 Å². The van der Waals surface area contributed by atoms with Crippen molar-refractivity contribution < 1.29 is 4.74 Å². The Morgan fingerprint density at radius 1 is 0.264 bits per heavy atom. The second kappa shape index (κ2) is 15.8. The first-order valence-corrected chi connectivity index (χ1v) is 18.3. The predicted molar refractivity (Wildman–Crippen MR) is 225 cm³/mol. The number of halogens is 1. The van der Waals surface area contributed by atoms with Gasteiger partial charge in [0, 0.05) is 62.1 Å². The van der Waals surface area contributed by atoms with E-state index in [-0.39, 0.29) is 0 Å². The van der Waals surface area contributed by atoms with Crippen LogP contribution in [0.2, 0.25) is 0 Å². The van der Waals surface area contributed by atoms with Gasteiger partial charge in [-0.25, -0.2) is 0 Å². The van der Waals surface area contributed by atoms with Crippen LogP contribution in [0.25, 0.3) is 0 Å². The molecule has 5 heteroatoms. The molecule has 0 atom stereocenters. The molecule has 0 amide bonds. The van der Waals surface area contributed by atoms with Crippen molar-refractivity contribution in [1.82, 2.24) is 0 Å². The average Bonchev–Trinajstić information content (AvgIpc) is 3.21. The quantitative estimate of drug-likeness (QED) is 0.131. The summed E-state index contributed by atoms with van der Waals surface area (Å²) in [5, 5.41) is 0. The second-order valence-electron chi connectivity index (χ2n) is 12.4. The summed E-state index contributed by atoms with van der Waals surface area (Å²) in [6, 6.07) is 75.3. The number of para-hydroxylation sites is 5. The summed E-state index contributed by atoms with van der Waals surface area (Å²) < 4.78 is 7.59. The lowest BCUT2D eigenvalue weighted by Crippen LogP contribution is -2.13. The summed E-state index contributed by atoms with van der Waals surface area (Å²) in [6.07, 6.45) is 0. The van der Waals surface area contributed by atoms with Gasteiger partial charge in [-0.3, -0.25) is 0 Å². The van der Waals surface area contributed by atoms with Crippen molar-refractivity contribution in [2.24, 2.45) is 0 Å². The zero-order valence-corrected chi connectivity index (χ0v) is 30.5. The lowest BCUT2D eigenvalue weighted by Gasteiger charge is -2.29. The van der Waals surface area contributed by atoms with Crippen LogP contribution in [0.4, 0.5) is 51.2 Å². The maximum Gasteiger partial charge on any atom is 0.130 e. The fourth-order valence-electron chi connectivity index (χ4n) is 6.56. The highest BCUT2D eigenvalue weighted by Gasteiger charge is 2.18. The molecule has 4 nitrogen and oxygen atoms in total. The Bertz CT molecular complexity index is 2310. The van der Waals surface area contributed by atoms with Gasteiger partial charge in [0.2, 0.25) is 0 Å². The van der Waals surface area contributed by atoms with Crippen LogP contribution in [-0.4, -0.2) is 0 Å². The molecule has 0 aliphatic heterocycles. The summed E-state index contributed by atoms with van der Waals surface area (Å²) in [6.45, 7) is 0. The number of anilines is 9. The molecule has 0 radical (unpaired) electrons. The van der Waals surface area contributed by atoms with Crippen LogP contribution < -0.4 is 19.4 Å². The topological polar surface area (TPSA) is 19.0 Å². The highest BCUT2D eigenvalue weighted by molar-refractivity contribution is 9.10. The van der Waals surface area contributed by atoms with Crippen LogP contribution in [0.5, 0.6) is 11.5 Å². The van der Waals surface area contributed by atoms with Gasteiger partial charge in [-0.1, -0.05) is 119 Å². The highest BCUT2D eigenvalue weighted by Crippen LogP contribution is 2.42. The first-order chi connectivity index (χ1) is 26.2. The van der Waals surface area contributed by atoms with E-state index in [2.05, 4.69) is 200 Å². The fourth-order valence-corrected chi connectivity index (χ4v) is 7.02. The Hall–Kier alpha value is -6.56. The van der Waals surface area contributed by atoms with Gasteiger partial charge in [-0.15, -0.1) is 0 Å². The van der Waals surface area contributed by atoms with E-state index < -0.39 is 0 Å². The molecule has 8 aromatic carbocycles. The number of ether oxygens (including phenoxy) is 1. The molecule has 0 spiro atoms. The summed E-state index contributed by atoms with van der Waals surface area (Å²) in [4.78, 5) is 6.78. The Morgan fingerprint density at radius 2 is 0.585 bits per heavy atom. The Labute approximate surface area is 319 Å². The van der Waals surface area contributed by atoms with Crippen molar-refractivity contribution in [3.05, 3.63) is 223 Å². The molecule has 8 rings (SSSR count). The van der Waals surface area contributed by atoms with Crippen LogP contribution in [0, 0.1) is 0 Å². The minimum atomic E-state index is 0.720. The van der Waals surface area contributed by atoms with Crippen molar-refractivity contribution in [3.8, 4) is 11.5 Å². The van der Waals surface area contributed by atoms with Gasteiger partial charge in [0.1, 0.15) is 11.5 Å². The molecule has 0 aliphatic carbocycles. The van der Waals surface area contributed by atoms with Gasteiger partial charge >= 0.3 is 0 Å². The van der Waals surface area contributed by atoms with Gasteiger partial charge in [-0.2, -0.15) is 0 Å². The maximum absolute atomic E-state index is 6.67. The number of benzene rings is 8. The van der Waals surface area contributed by atoms with Crippen LogP contribution in [0.15, 0.2) is 223 Å². The molecule has 0 aliphatic rings. The largest absolute Gasteiger partial charge is 0.457 e. The third-order valence-electron chi connectivity index (χ3n) is 8.84.